The Kier molecular flexibility index (Phi) is 2.44. The van der Waals surface area contributed by atoms with Gasteiger partial charge in [-0.2, -0.15) is 0 Å². The van der Waals surface area contributed by atoms with E-state index in [1.54, 1.807) is 6.07 Å². The van der Waals surface area contributed by atoms with Crippen molar-refractivity contribution in [2.24, 2.45) is 11.1 Å². The first-order chi connectivity index (χ1) is 6.98. The van der Waals surface area contributed by atoms with Crippen molar-refractivity contribution in [1.82, 2.24) is 0 Å². The number of hydrogen-bond acceptors (Lipinski definition) is 3. The first kappa shape index (κ1) is 10.4. The van der Waals surface area contributed by atoms with Crippen LogP contribution in [-0.4, -0.2) is 15.0 Å². The minimum Gasteiger partial charge on any atom is -0.383 e. The summed E-state index contributed by atoms with van der Waals surface area (Å²) in [4.78, 5) is 0.201. The zero-order chi connectivity index (χ0) is 11.1. The number of para-hydroxylation sites is 1. The summed E-state index contributed by atoms with van der Waals surface area (Å²) < 4.78 is 22.6. The van der Waals surface area contributed by atoms with Crippen LogP contribution >= 0.6 is 0 Å². The molecule has 1 aliphatic rings. The number of primary sulfonamides is 1. The highest BCUT2D eigenvalue weighted by molar-refractivity contribution is 7.89. The van der Waals surface area contributed by atoms with Crippen molar-refractivity contribution in [3.8, 4) is 0 Å². The van der Waals surface area contributed by atoms with Gasteiger partial charge in [-0.3, -0.25) is 0 Å². The molecule has 1 heterocycles. The zero-order valence-corrected chi connectivity index (χ0v) is 9.34. The Bertz CT molecular complexity index is 482. The molecule has 0 saturated carbocycles. The Labute approximate surface area is 89.5 Å². The monoisotopic (exact) mass is 226 g/mol. The fourth-order valence-corrected chi connectivity index (χ4v) is 2.66. The van der Waals surface area contributed by atoms with Crippen LogP contribution in [0.5, 0.6) is 0 Å². The lowest BCUT2D eigenvalue weighted by Crippen LogP contribution is -2.24. The highest BCUT2D eigenvalue weighted by Gasteiger charge is 2.21. The van der Waals surface area contributed by atoms with Gasteiger partial charge in [0.15, 0.2) is 0 Å². The van der Waals surface area contributed by atoms with Crippen molar-refractivity contribution >= 4 is 15.7 Å². The smallest absolute Gasteiger partial charge is 0.240 e. The molecule has 5 heteroatoms. The van der Waals surface area contributed by atoms with E-state index in [0.29, 0.717) is 11.6 Å². The van der Waals surface area contributed by atoms with E-state index in [1.165, 1.54) is 6.07 Å². The van der Waals surface area contributed by atoms with Gasteiger partial charge in [0.25, 0.3) is 0 Å². The number of nitrogens with one attached hydrogen (secondary N) is 1. The van der Waals surface area contributed by atoms with E-state index in [2.05, 4.69) is 12.2 Å². The maximum absolute atomic E-state index is 11.3. The second kappa shape index (κ2) is 3.50. The van der Waals surface area contributed by atoms with Crippen LogP contribution in [0.4, 0.5) is 5.69 Å². The number of nitrogens with two attached hydrogens (primary N) is 1. The van der Waals surface area contributed by atoms with Crippen molar-refractivity contribution < 1.29 is 8.42 Å². The summed E-state index contributed by atoms with van der Waals surface area (Å²) in [5, 5.41) is 8.28. The van der Waals surface area contributed by atoms with Gasteiger partial charge in [-0.1, -0.05) is 19.1 Å². The van der Waals surface area contributed by atoms with Gasteiger partial charge in [-0.05, 0) is 24.0 Å². The van der Waals surface area contributed by atoms with Crippen LogP contribution in [-0.2, 0) is 16.4 Å². The molecule has 0 aromatic heterocycles. The van der Waals surface area contributed by atoms with Crippen molar-refractivity contribution in [2.45, 2.75) is 18.2 Å². The van der Waals surface area contributed by atoms with E-state index in [0.717, 1.165) is 18.5 Å². The molecule has 0 saturated heterocycles. The molecule has 0 fully saturated rings. The molecule has 2 rings (SSSR count). The summed E-state index contributed by atoms with van der Waals surface area (Å²) in [5.41, 5.74) is 1.71. The Morgan fingerprint density at radius 3 is 2.87 bits per heavy atom. The summed E-state index contributed by atoms with van der Waals surface area (Å²) >= 11 is 0. The summed E-state index contributed by atoms with van der Waals surface area (Å²) in [5.74, 6) is 0.522. The lowest BCUT2D eigenvalue weighted by molar-refractivity contribution is 0.584. The molecule has 1 aromatic rings. The summed E-state index contributed by atoms with van der Waals surface area (Å²) in [6.07, 6.45) is 0.895. The molecule has 1 aromatic carbocycles. The molecule has 0 aliphatic carbocycles. The Hall–Kier alpha value is -1.07. The molecule has 0 amide bonds. The molecule has 82 valence electrons. The number of sulfonamides is 1. The van der Waals surface area contributed by atoms with Crippen LogP contribution < -0.4 is 10.5 Å². The maximum Gasteiger partial charge on any atom is 0.240 e. The molecule has 1 atom stereocenters. The van der Waals surface area contributed by atoms with Crippen LogP contribution in [0.15, 0.2) is 23.1 Å². The molecule has 4 nitrogen and oxygen atoms in total. The third kappa shape index (κ3) is 1.98. The van der Waals surface area contributed by atoms with Gasteiger partial charge in [0, 0.05) is 6.54 Å². The molecule has 1 aliphatic heterocycles. The lowest BCUT2D eigenvalue weighted by Gasteiger charge is -2.24. The van der Waals surface area contributed by atoms with Gasteiger partial charge in [0.2, 0.25) is 10.0 Å². The van der Waals surface area contributed by atoms with E-state index in [1.807, 2.05) is 6.07 Å². The van der Waals surface area contributed by atoms with Crippen LogP contribution in [0.1, 0.15) is 12.5 Å². The Morgan fingerprint density at radius 2 is 2.20 bits per heavy atom. The molecular weight excluding hydrogens is 212 g/mol. The van der Waals surface area contributed by atoms with Crippen LogP contribution in [0.25, 0.3) is 0 Å². The first-order valence-corrected chi connectivity index (χ1v) is 6.41. The second-order valence-electron chi connectivity index (χ2n) is 4.03. The van der Waals surface area contributed by atoms with E-state index >= 15 is 0 Å². The number of rotatable bonds is 1. The minimum atomic E-state index is -3.62. The Morgan fingerprint density at radius 1 is 1.47 bits per heavy atom. The van der Waals surface area contributed by atoms with Crippen LogP contribution in [0.3, 0.4) is 0 Å². The average molecular weight is 226 g/mol. The van der Waals surface area contributed by atoms with Gasteiger partial charge in [-0.15, -0.1) is 0 Å². The number of anilines is 1. The largest absolute Gasteiger partial charge is 0.383 e. The van der Waals surface area contributed by atoms with Gasteiger partial charge in [-0.25, -0.2) is 13.6 Å². The van der Waals surface area contributed by atoms with Crippen molar-refractivity contribution in [1.29, 1.82) is 0 Å². The topological polar surface area (TPSA) is 72.2 Å². The van der Waals surface area contributed by atoms with Crippen molar-refractivity contribution in [3.05, 3.63) is 23.8 Å². The summed E-state index contributed by atoms with van der Waals surface area (Å²) in [6.45, 7) is 2.92. The molecule has 0 bridgehead atoms. The first-order valence-electron chi connectivity index (χ1n) is 4.87. The number of hydrogen-bond donors (Lipinski definition) is 2. The molecule has 1 unspecified atom stereocenters. The summed E-state index contributed by atoms with van der Waals surface area (Å²) in [6, 6.07) is 5.21. The van der Waals surface area contributed by atoms with E-state index in [-0.39, 0.29) is 4.90 Å². The van der Waals surface area contributed by atoms with Gasteiger partial charge >= 0.3 is 0 Å². The third-order valence-corrected chi connectivity index (χ3v) is 3.57. The Balaban J connectivity index is 2.56. The second-order valence-corrected chi connectivity index (χ2v) is 5.56. The van der Waals surface area contributed by atoms with Crippen LogP contribution in [0, 0.1) is 5.92 Å². The van der Waals surface area contributed by atoms with Gasteiger partial charge in [0.05, 0.1) is 5.69 Å². The fraction of sp³-hybridized carbons (Fsp3) is 0.400. The minimum absolute atomic E-state index is 0.201. The SMILES string of the molecule is CC1CNc2c(cccc2S(N)(=O)=O)C1. The van der Waals surface area contributed by atoms with E-state index in [9.17, 15) is 8.42 Å². The van der Waals surface area contributed by atoms with Crippen molar-refractivity contribution in [3.63, 3.8) is 0 Å². The predicted octanol–water partition coefficient (Wildman–Crippen LogP) is 0.938. The average Bonchev–Trinajstić information content (AvgIpc) is 2.15. The standard InChI is InChI=1S/C10H14N2O2S/c1-7-5-8-3-2-4-9(15(11,13)14)10(8)12-6-7/h2-4,7,12H,5-6H2,1H3,(H2,11,13,14). The van der Waals surface area contributed by atoms with Crippen molar-refractivity contribution in [2.75, 3.05) is 11.9 Å². The van der Waals surface area contributed by atoms with Gasteiger partial charge < -0.3 is 5.32 Å². The molecule has 0 spiro atoms. The van der Waals surface area contributed by atoms with E-state index in [4.69, 9.17) is 5.14 Å². The van der Waals surface area contributed by atoms with E-state index < -0.39 is 10.0 Å². The third-order valence-electron chi connectivity index (χ3n) is 2.61. The highest BCUT2D eigenvalue weighted by atomic mass is 32.2. The van der Waals surface area contributed by atoms with Gasteiger partial charge in [0.1, 0.15) is 4.90 Å². The quantitative estimate of drug-likeness (QED) is 0.748. The number of fused-ring (bicyclic) bond motifs is 1. The van der Waals surface area contributed by atoms with Crippen LogP contribution in [0.2, 0.25) is 0 Å². The predicted molar refractivity (Wildman–Crippen MR) is 59.2 cm³/mol. The highest BCUT2D eigenvalue weighted by Crippen LogP contribution is 2.30. The summed E-state index contributed by atoms with van der Waals surface area (Å²) in [7, 11) is -3.62. The number of benzene rings is 1. The normalized spacial score (nSPS) is 20.5. The molecule has 0 radical (unpaired) electrons. The molecular formula is C10H14N2O2S. The maximum atomic E-state index is 11.3. The zero-order valence-electron chi connectivity index (χ0n) is 8.53. The molecule has 15 heavy (non-hydrogen) atoms. The lowest BCUT2D eigenvalue weighted by atomic mass is 9.96. The fourth-order valence-electron chi connectivity index (χ4n) is 1.91. The molecule has 3 N–H and O–H groups in total.